The molecule has 8 rings (SSSR count). The molecular weight excluding hydrogens is 699 g/mol. The van der Waals surface area contributed by atoms with Crippen LogP contribution in [0.5, 0.6) is 0 Å². The summed E-state index contributed by atoms with van der Waals surface area (Å²) in [7, 11) is 1.78. The summed E-state index contributed by atoms with van der Waals surface area (Å²) in [4.78, 5) is 37.8. The van der Waals surface area contributed by atoms with E-state index in [9.17, 15) is 14.0 Å². The van der Waals surface area contributed by atoms with Gasteiger partial charge in [0, 0.05) is 57.9 Å². The highest BCUT2D eigenvalue weighted by atomic mass is 19.3. The van der Waals surface area contributed by atoms with Crippen molar-refractivity contribution in [3.05, 3.63) is 47.3 Å². The number of amides is 2. The number of halogens is 3. The van der Waals surface area contributed by atoms with Gasteiger partial charge >= 0.3 is 6.09 Å². The van der Waals surface area contributed by atoms with Gasteiger partial charge in [-0.15, -0.1) is 5.10 Å². The van der Waals surface area contributed by atoms with Gasteiger partial charge < -0.3 is 25.2 Å². The molecule has 3 aromatic rings. The Morgan fingerprint density at radius 3 is 2.43 bits per heavy atom. The van der Waals surface area contributed by atoms with Crippen LogP contribution < -0.4 is 15.5 Å². The molecule has 0 unspecified atom stereocenters. The quantitative estimate of drug-likeness (QED) is 0.318. The fourth-order valence-corrected chi connectivity index (χ4v) is 9.00. The average molecular weight is 752 g/mol. The Morgan fingerprint density at radius 1 is 1.04 bits per heavy atom. The number of nitrogens with one attached hydrogen (secondary N) is 2. The molecule has 6 heterocycles. The lowest BCUT2D eigenvalue weighted by Gasteiger charge is -2.50. The van der Waals surface area contributed by atoms with Crippen LogP contribution in [0.25, 0.3) is 5.65 Å². The largest absolute Gasteiger partial charge is 0.444 e. The van der Waals surface area contributed by atoms with Crippen molar-refractivity contribution in [2.24, 2.45) is 5.41 Å². The molecule has 2 amide bonds. The van der Waals surface area contributed by atoms with Crippen LogP contribution in [0.4, 0.5) is 35.2 Å². The molecule has 54 heavy (non-hydrogen) atoms. The molecule has 0 bridgehead atoms. The molecule has 1 spiro atoms. The van der Waals surface area contributed by atoms with Gasteiger partial charge in [-0.25, -0.2) is 27.5 Å². The molecule has 2 N–H and O–H groups in total. The summed E-state index contributed by atoms with van der Waals surface area (Å²) >= 11 is 0. The summed E-state index contributed by atoms with van der Waals surface area (Å²) in [6, 6.07) is 6.67. The molecule has 3 atom stereocenters. The Hall–Kier alpha value is -4.11. The van der Waals surface area contributed by atoms with E-state index in [1.54, 1.807) is 11.9 Å². The van der Waals surface area contributed by atoms with Gasteiger partial charge in [0.05, 0.1) is 30.5 Å². The van der Waals surface area contributed by atoms with E-state index in [1.807, 2.05) is 54.8 Å². The van der Waals surface area contributed by atoms with Crippen LogP contribution >= 0.6 is 0 Å². The van der Waals surface area contributed by atoms with Crippen LogP contribution in [0.3, 0.4) is 0 Å². The smallest absolute Gasteiger partial charge is 0.410 e. The SMILES string of the molecule is CNc1cc(N2CCc3c(CN4CC[C@@H](N5CCC6(CCN(C(=O)OC(C)(C)C)CC6)CC5)C(F)(F)C4)cccc32)nn2c(C(=O)N[C@@H]3C[C@@H]3F)cnc12. The van der Waals surface area contributed by atoms with Crippen LogP contribution in [-0.2, 0) is 17.7 Å². The minimum absolute atomic E-state index is 0.106. The van der Waals surface area contributed by atoms with Gasteiger partial charge in [0.15, 0.2) is 17.2 Å². The van der Waals surface area contributed by atoms with Crippen molar-refractivity contribution in [3.8, 4) is 0 Å². The second-order valence-corrected chi connectivity index (χ2v) is 17.0. The molecule has 1 saturated carbocycles. The number of hydrogen-bond acceptors (Lipinski definition) is 9. The summed E-state index contributed by atoms with van der Waals surface area (Å²) in [5.74, 6) is -2.64. The van der Waals surface area contributed by atoms with E-state index < -0.39 is 35.7 Å². The highest BCUT2D eigenvalue weighted by Gasteiger charge is 2.50. The summed E-state index contributed by atoms with van der Waals surface area (Å²) in [6.45, 7) is 9.64. The topological polar surface area (TPSA) is 111 Å². The van der Waals surface area contributed by atoms with Crippen molar-refractivity contribution < 1.29 is 27.5 Å². The number of anilines is 3. The Balaban J connectivity index is 0.902. The first-order valence-corrected chi connectivity index (χ1v) is 19.4. The molecule has 4 fully saturated rings. The number of nitrogens with zero attached hydrogens (tertiary/aromatic N) is 7. The van der Waals surface area contributed by atoms with E-state index in [0.717, 1.165) is 48.9 Å². The number of hydrogen-bond donors (Lipinski definition) is 2. The molecular formula is C39H52F3N9O3. The van der Waals surface area contributed by atoms with Crippen molar-refractivity contribution >= 4 is 34.8 Å². The van der Waals surface area contributed by atoms with Crippen molar-refractivity contribution in [3.63, 3.8) is 0 Å². The van der Waals surface area contributed by atoms with Gasteiger partial charge in [0.1, 0.15) is 11.8 Å². The van der Waals surface area contributed by atoms with E-state index in [1.165, 1.54) is 10.7 Å². The number of carbonyl (C=O) groups is 2. The molecule has 3 saturated heterocycles. The third kappa shape index (κ3) is 7.20. The fourth-order valence-electron chi connectivity index (χ4n) is 9.00. The van der Waals surface area contributed by atoms with Crippen LogP contribution in [0, 0.1) is 5.41 Å². The van der Waals surface area contributed by atoms with Crippen LogP contribution in [0.1, 0.15) is 80.9 Å². The standard InChI is InChI=1S/C39H52F3N9O3/c1-37(2,3)54-36(53)49-18-12-38(13-19-49)10-16-48(17-11-38)32-9-14-47(24-39(32,41)42)23-25-6-5-7-30-26(25)8-15-50(30)33-21-29(43-4)34-44-22-31(51(34)46-33)35(52)45-28-20-27(28)40/h5-7,21-22,27-28,32,43H,8-20,23-24H2,1-4H3,(H,45,52)/t27-,28+,32+/m0/s1. The van der Waals surface area contributed by atoms with E-state index in [4.69, 9.17) is 9.84 Å². The molecule has 1 aliphatic carbocycles. The number of ether oxygens (including phenoxy) is 1. The molecule has 5 aliphatic rings. The minimum Gasteiger partial charge on any atom is -0.444 e. The molecule has 4 aliphatic heterocycles. The van der Waals surface area contributed by atoms with Crippen molar-refractivity contribution in [1.29, 1.82) is 0 Å². The lowest BCUT2D eigenvalue weighted by Crippen LogP contribution is -2.60. The third-order valence-electron chi connectivity index (χ3n) is 12.2. The predicted octanol–water partition coefficient (Wildman–Crippen LogP) is 5.63. The maximum absolute atomic E-state index is 16.0. The summed E-state index contributed by atoms with van der Waals surface area (Å²) in [5, 5.41) is 10.7. The Labute approximate surface area is 314 Å². The first-order chi connectivity index (χ1) is 25.7. The fraction of sp³-hybridized carbons (Fsp3) is 0.641. The average Bonchev–Trinajstić information content (AvgIpc) is 3.46. The van der Waals surface area contributed by atoms with E-state index in [0.29, 0.717) is 75.8 Å². The highest BCUT2D eigenvalue weighted by Crippen LogP contribution is 2.44. The van der Waals surface area contributed by atoms with Gasteiger partial charge in [0.25, 0.3) is 11.8 Å². The lowest BCUT2D eigenvalue weighted by molar-refractivity contribution is -0.139. The lowest BCUT2D eigenvalue weighted by atomic mass is 9.71. The molecule has 15 heteroatoms. The van der Waals surface area contributed by atoms with Gasteiger partial charge in [-0.2, -0.15) is 0 Å². The zero-order valence-electron chi connectivity index (χ0n) is 31.7. The number of alkyl halides is 3. The van der Waals surface area contributed by atoms with Crippen LogP contribution in [0.15, 0.2) is 30.5 Å². The Bertz CT molecular complexity index is 1900. The van der Waals surface area contributed by atoms with E-state index in [-0.39, 0.29) is 23.7 Å². The van der Waals surface area contributed by atoms with Gasteiger partial charge in [-0.05, 0) is 95.0 Å². The Morgan fingerprint density at radius 2 is 1.76 bits per heavy atom. The maximum Gasteiger partial charge on any atom is 0.410 e. The second-order valence-electron chi connectivity index (χ2n) is 17.0. The normalized spacial score (nSPS) is 25.5. The van der Waals surface area contributed by atoms with Crippen LogP contribution in [-0.4, -0.2) is 124 Å². The van der Waals surface area contributed by atoms with Gasteiger partial charge in [-0.3, -0.25) is 14.6 Å². The first-order valence-electron chi connectivity index (χ1n) is 19.4. The second kappa shape index (κ2) is 13.9. The number of fused-ring (bicyclic) bond motifs is 2. The van der Waals surface area contributed by atoms with E-state index in [2.05, 4.69) is 20.5 Å². The number of benzene rings is 1. The van der Waals surface area contributed by atoms with Gasteiger partial charge in [0.2, 0.25) is 0 Å². The molecule has 2 aromatic heterocycles. The summed E-state index contributed by atoms with van der Waals surface area (Å²) in [6.07, 6.45) is 5.15. The monoisotopic (exact) mass is 751 g/mol. The number of aromatic nitrogens is 3. The van der Waals surface area contributed by atoms with Crippen molar-refractivity contribution in [2.45, 2.75) is 102 Å². The minimum atomic E-state index is -2.84. The summed E-state index contributed by atoms with van der Waals surface area (Å²) < 4.78 is 52.6. The number of rotatable bonds is 7. The van der Waals surface area contributed by atoms with Crippen molar-refractivity contribution in [1.82, 2.24) is 34.6 Å². The highest BCUT2D eigenvalue weighted by molar-refractivity contribution is 5.94. The molecule has 292 valence electrons. The molecule has 0 radical (unpaired) electrons. The zero-order chi connectivity index (χ0) is 38.0. The van der Waals surface area contributed by atoms with Gasteiger partial charge in [-0.1, -0.05) is 12.1 Å². The number of piperidine rings is 3. The third-order valence-corrected chi connectivity index (χ3v) is 12.2. The number of carbonyl (C=O) groups excluding carboxylic acids is 2. The zero-order valence-corrected chi connectivity index (χ0v) is 31.7. The van der Waals surface area contributed by atoms with Crippen molar-refractivity contribution in [2.75, 3.05) is 63.1 Å². The number of likely N-dealkylation sites (tertiary alicyclic amines) is 3. The van der Waals surface area contributed by atoms with E-state index >= 15 is 8.78 Å². The molecule has 12 nitrogen and oxygen atoms in total. The summed E-state index contributed by atoms with van der Waals surface area (Å²) in [5.41, 5.74) is 4.09. The first kappa shape index (κ1) is 36.8. The predicted molar refractivity (Wildman–Crippen MR) is 199 cm³/mol. The number of imidazole rings is 1. The maximum atomic E-state index is 16.0. The van der Waals surface area contributed by atoms with Crippen LogP contribution in [0.2, 0.25) is 0 Å². The molecule has 1 aromatic carbocycles. The Kier molecular flexibility index (Phi) is 9.47.